The van der Waals surface area contributed by atoms with Gasteiger partial charge in [0.05, 0.1) is 18.3 Å². The smallest absolute Gasteiger partial charge is 0.342 e. The van der Waals surface area contributed by atoms with E-state index in [2.05, 4.69) is 109 Å². The minimum atomic E-state index is -0.136. The molecule has 1 atom stereocenters. The first-order valence-corrected chi connectivity index (χ1v) is 9.94. The van der Waals surface area contributed by atoms with E-state index in [1.807, 2.05) is 0 Å². The Morgan fingerprint density at radius 3 is 2.42 bits per heavy atom. The highest BCUT2D eigenvalue weighted by Gasteiger charge is 2.48. The van der Waals surface area contributed by atoms with E-state index in [1.54, 1.807) is 11.3 Å². The Labute approximate surface area is 159 Å². The zero-order valence-corrected chi connectivity index (χ0v) is 17.2. The number of anilines is 3. The van der Waals surface area contributed by atoms with Gasteiger partial charge >= 0.3 is 5.13 Å². The zero-order valence-electron chi connectivity index (χ0n) is 16.4. The summed E-state index contributed by atoms with van der Waals surface area (Å²) in [6.07, 6.45) is 4.56. The van der Waals surface area contributed by atoms with E-state index < -0.39 is 0 Å². The molecule has 0 saturated carbocycles. The molecule has 4 nitrogen and oxygen atoms in total. The molecule has 5 heteroatoms. The molecule has 0 saturated heterocycles. The van der Waals surface area contributed by atoms with Crippen molar-refractivity contribution >= 4 is 27.8 Å². The third-order valence-electron chi connectivity index (χ3n) is 5.48. The summed E-state index contributed by atoms with van der Waals surface area (Å²) in [5.41, 5.74) is 5.06. The van der Waals surface area contributed by atoms with Crippen molar-refractivity contribution < 1.29 is 4.57 Å². The van der Waals surface area contributed by atoms with Crippen molar-refractivity contribution in [3.63, 3.8) is 0 Å². The standard InChI is InChI=1S/C21H27N4S/c1-15-13-19(23(6)14-15)21(3,4)25-16(2)24(20-22(5)11-12-26-20)17-9-7-8-10-18(17)25/h7-14,16H,1-6H3/q+1/t16-/m1/s1. The molecule has 1 aliphatic rings. The van der Waals surface area contributed by atoms with Gasteiger partial charge in [-0.05, 0) is 51.5 Å². The SMILES string of the molecule is Cc1cc(C(C)(C)N2c3ccccc3N(c3scc[n+]3C)[C@H]2C)n(C)c1. The molecule has 1 aliphatic heterocycles. The maximum Gasteiger partial charge on any atom is 0.342 e. The average Bonchev–Trinajstić information content (AvgIpc) is 3.22. The van der Waals surface area contributed by atoms with E-state index in [1.165, 1.54) is 27.8 Å². The van der Waals surface area contributed by atoms with Gasteiger partial charge in [-0.3, -0.25) is 0 Å². The second-order valence-electron chi connectivity index (χ2n) is 7.73. The number of hydrogen-bond acceptors (Lipinski definition) is 3. The molecule has 0 unspecified atom stereocenters. The number of aryl methyl sites for hydroxylation is 3. The lowest BCUT2D eigenvalue weighted by atomic mass is 9.96. The minimum absolute atomic E-state index is 0.136. The fraction of sp³-hybridized carbons (Fsp3) is 0.381. The summed E-state index contributed by atoms with van der Waals surface area (Å²) >= 11 is 1.79. The predicted molar refractivity (Wildman–Crippen MR) is 109 cm³/mol. The highest BCUT2D eigenvalue weighted by Crippen LogP contribution is 2.49. The topological polar surface area (TPSA) is 15.3 Å². The van der Waals surface area contributed by atoms with Crippen molar-refractivity contribution in [2.45, 2.75) is 39.4 Å². The number of benzene rings is 1. The van der Waals surface area contributed by atoms with Gasteiger partial charge < -0.3 is 9.47 Å². The summed E-state index contributed by atoms with van der Waals surface area (Å²) in [5, 5.41) is 3.41. The minimum Gasteiger partial charge on any atom is -0.352 e. The van der Waals surface area contributed by atoms with E-state index in [9.17, 15) is 0 Å². The maximum atomic E-state index is 2.55. The van der Waals surface area contributed by atoms with E-state index in [4.69, 9.17) is 0 Å². The molecule has 0 amide bonds. The summed E-state index contributed by atoms with van der Waals surface area (Å²) in [6.45, 7) is 9.12. The van der Waals surface area contributed by atoms with Crippen LogP contribution in [0, 0.1) is 6.92 Å². The van der Waals surface area contributed by atoms with Gasteiger partial charge in [0, 0.05) is 24.3 Å². The van der Waals surface area contributed by atoms with Gasteiger partial charge in [0.25, 0.3) is 0 Å². The van der Waals surface area contributed by atoms with E-state index in [0.717, 1.165) is 0 Å². The molecule has 3 aromatic rings. The summed E-state index contributed by atoms with van der Waals surface area (Å²) < 4.78 is 4.47. The summed E-state index contributed by atoms with van der Waals surface area (Å²) in [7, 11) is 4.27. The molecule has 0 aliphatic carbocycles. The van der Waals surface area contributed by atoms with Gasteiger partial charge in [0.15, 0.2) is 11.9 Å². The van der Waals surface area contributed by atoms with Crippen LogP contribution in [-0.4, -0.2) is 10.7 Å². The van der Waals surface area contributed by atoms with Crippen LogP contribution in [0.5, 0.6) is 0 Å². The Hall–Kier alpha value is -2.27. The molecular weight excluding hydrogens is 340 g/mol. The lowest BCUT2D eigenvalue weighted by Gasteiger charge is -2.40. The third kappa shape index (κ3) is 2.37. The fourth-order valence-electron chi connectivity index (χ4n) is 4.44. The van der Waals surface area contributed by atoms with Crippen LogP contribution >= 0.6 is 11.3 Å². The molecule has 0 N–H and O–H groups in total. The maximum absolute atomic E-state index is 2.55. The molecule has 4 rings (SSSR count). The Morgan fingerprint density at radius 1 is 1.15 bits per heavy atom. The Bertz CT molecular complexity index is 953. The number of fused-ring (bicyclic) bond motifs is 1. The molecule has 0 bridgehead atoms. The van der Waals surface area contributed by atoms with Gasteiger partial charge in [-0.2, -0.15) is 4.90 Å². The van der Waals surface area contributed by atoms with Crippen molar-refractivity contribution in [2.75, 3.05) is 9.80 Å². The lowest BCUT2D eigenvalue weighted by Crippen LogP contribution is -2.51. The Balaban J connectivity index is 1.87. The van der Waals surface area contributed by atoms with E-state index >= 15 is 0 Å². The first kappa shape index (κ1) is 17.2. The Kier molecular flexibility index (Phi) is 3.88. The molecule has 2 aromatic heterocycles. The van der Waals surface area contributed by atoms with E-state index in [0.29, 0.717) is 0 Å². The van der Waals surface area contributed by atoms with Crippen molar-refractivity contribution in [1.29, 1.82) is 0 Å². The van der Waals surface area contributed by atoms with Gasteiger partial charge in [0.2, 0.25) is 0 Å². The number of thiazole rings is 1. The van der Waals surface area contributed by atoms with Gasteiger partial charge in [-0.25, -0.2) is 4.57 Å². The summed E-state index contributed by atoms with van der Waals surface area (Å²) in [4.78, 5) is 5.01. The Morgan fingerprint density at radius 2 is 1.85 bits per heavy atom. The monoisotopic (exact) mass is 367 g/mol. The number of rotatable bonds is 3. The number of aromatic nitrogens is 2. The zero-order chi connectivity index (χ0) is 18.6. The molecule has 1 aromatic carbocycles. The van der Waals surface area contributed by atoms with Crippen LogP contribution in [0.2, 0.25) is 0 Å². The molecule has 26 heavy (non-hydrogen) atoms. The van der Waals surface area contributed by atoms with Crippen molar-refractivity contribution in [2.24, 2.45) is 14.1 Å². The molecule has 136 valence electrons. The van der Waals surface area contributed by atoms with Crippen LogP contribution in [0.1, 0.15) is 32.0 Å². The summed E-state index contributed by atoms with van der Waals surface area (Å²) in [5.74, 6) is 0. The third-order valence-corrected chi connectivity index (χ3v) is 6.44. The van der Waals surface area contributed by atoms with E-state index in [-0.39, 0.29) is 11.7 Å². The number of nitrogens with zero attached hydrogens (tertiary/aromatic N) is 4. The first-order valence-electron chi connectivity index (χ1n) is 9.06. The predicted octanol–water partition coefficient (Wildman–Crippen LogP) is 4.46. The van der Waals surface area contributed by atoms with Crippen LogP contribution in [0.4, 0.5) is 16.5 Å². The second-order valence-corrected chi connectivity index (χ2v) is 8.60. The quantitative estimate of drug-likeness (QED) is 0.635. The largest absolute Gasteiger partial charge is 0.352 e. The normalized spacial score (nSPS) is 17.1. The molecule has 3 heterocycles. The first-order chi connectivity index (χ1) is 12.3. The lowest BCUT2D eigenvalue weighted by molar-refractivity contribution is -0.654. The molecule has 0 radical (unpaired) electrons. The highest BCUT2D eigenvalue weighted by atomic mass is 32.1. The highest BCUT2D eigenvalue weighted by molar-refractivity contribution is 7.13. The molecule has 0 fully saturated rings. The summed E-state index contributed by atoms with van der Waals surface area (Å²) in [6, 6.07) is 11.1. The van der Waals surface area contributed by atoms with Gasteiger partial charge in [0.1, 0.15) is 6.20 Å². The molecular formula is C21H27N4S+. The van der Waals surface area contributed by atoms with Crippen molar-refractivity contribution in [1.82, 2.24) is 4.57 Å². The number of hydrogen-bond donors (Lipinski definition) is 0. The second kappa shape index (κ2) is 5.88. The molecule has 0 spiro atoms. The van der Waals surface area contributed by atoms with Crippen LogP contribution < -0.4 is 14.4 Å². The van der Waals surface area contributed by atoms with Crippen LogP contribution in [0.25, 0.3) is 0 Å². The average molecular weight is 368 g/mol. The van der Waals surface area contributed by atoms with Crippen molar-refractivity contribution in [3.05, 3.63) is 59.4 Å². The van der Waals surface area contributed by atoms with Crippen LogP contribution in [-0.2, 0) is 19.6 Å². The van der Waals surface area contributed by atoms with Crippen LogP contribution in [0.3, 0.4) is 0 Å². The number of para-hydroxylation sites is 2. The van der Waals surface area contributed by atoms with Crippen molar-refractivity contribution in [3.8, 4) is 0 Å². The van der Waals surface area contributed by atoms with Gasteiger partial charge in [-0.1, -0.05) is 23.5 Å². The van der Waals surface area contributed by atoms with Gasteiger partial charge in [-0.15, -0.1) is 0 Å². The van der Waals surface area contributed by atoms with Crippen LogP contribution in [0.15, 0.2) is 48.1 Å². The fourth-order valence-corrected chi connectivity index (χ4v) is 5.39.